The number of carbonyl (C=O) groups excluding carboxylic acids is 1. The van der Waals surface area contributed by atoms with E-state index >= 15 is 0 Å². The molecule has 1 aliphatic carbocycles. The number of aromatic nitrogens is 2. The Balaban J connectivity index is 1.59. The van der Waals surface area contributed by atoms with Gasteiger partial charge in [-0.25, -0.2) is 0 Å². The number of likely N-dealkylation sites (tertiary alicyclic amines) is 1. The molecule has 3 heterocycles. The van der Waals surface area contributed by atoms with Crippen LogP contribution in [0.2, 0.25) is 0 Å². The number of carbonyl (C=O) groups is 1. The van der Waals surface area contributed by atoms with Crippen LogP contribution in [0.4, 0.5) is 0 Å². The van der Waals surface area contributed by atoms with Crippen LogP contribution in [0, 0.1) is 13.8 Å². The van der Waals surface area contributed by atoms with Crippen LogP contribution >= 0.6 is 0 Å². The number of furan rings is 1. The summed E-state index contributed by atoms with van der Waals surface area (Å²) < 4.78 is 5.90. The quantitative estimate of drug-likeness (QED) is 0.918. The highest BCUT2D eigenvalue weighted by atomic mass is 16.3. The van der Waals surface area contributed by atoms with Gasteiger partial charge in [-0.05, 0) is 51.5 Å². The first-order valence-corrected chi connectivity index (χ1v) is 9.05. The number of aryl methyl sites for hydroxylation is 3. The summed E-state index contributed by atoms with van der Waals surface area (Å²) in [6.45, 7) is 5.62. The van der Waals surface area contributed by atoms with Crippen LogP contribution in [0.15, 0.2) is 10.6 Å². The van der Waals surface area contributed by atoms with E-state index in [4.69, 9.17) is 4.42 Å². The Morgan fingerprint density at radius 1 is 1.29 bits per heavy atom. The Labute approximate surface area is 142 Å². The van der Waals surface area contributed by atoms with Gasteiger partial charge in [0, 0.05) is 36.7 Å². The second-order valence-corrected chi connectivity index (χ2v) is 7.20. The van der Waals surface area contributed by atoms with Gasteiger partial charge >= 0.3 is 0 Å². The highest BCUT2D eigenvalue weighted by Crippen LogP contribution is 2.33. The number of rotatable bonds is 2. The lowest BCUT2D eigenvalue weighted by Gasteiger charge is -2.33. The molecule has 2 aliphatic rings. The minimum absolute atomic E-state index is 0.154. The lowest BCUT2D eigenvalue weighted by molar-refractivity contribution is 0.0703. The molecule has 1 amide bonds. The van der Waals surface area contributed by atoms with Gasteiger partial charge in [-0.15, -0.1) is 0 Å². The molecule has 1 aliphatic heterocycles. The van der Waals surface area contributed by atoms with E-state index in [0.717, 1.165) is 62.3 Å². The number of amides is 1. The van der Waals surface area contributed by atoms with Crippen molar-refractivity contribution in [1.82, 2.24) is 15.1 Å². The first-order valence-electron chi connectivity index (χ1n) is 9.05. The number of aromatic amines is 1. The molecule has 1 saturated heterocycles. The summed E-state index contributed by atoms with van der Waals surface area (Å²) >= 11 is 0. The van der Waals surface area contributed by atoms with E-state index in [1.54, 1.807) is 0 Å². The van der Waals surface area contributed by atoms with Crippen LogP contribution < -0.4 is 0 Å². The summed E-state index contributed by atoms with van der Waals surface area (Å²) in [7, 11) is 0. The fraction of sp³-hybridized carbons (Fsp3) is 0.579. The lowest BCUT2D eigenvalue weighted by Crippen LogP contribution is -2.39. The molecule has 1 unspecified atom stereocenters. The van der Waals surface area contributed by atoms with E-state index in [1.165, 1.54) is 23.2 Å². The molecule has 0 radical (unpaired) electrons. The molecule has 1 N–H and O–H groups in total. The zero-order chi connectivity index (χ0) is 16.7. The van der Waals surface area contributed by atoms with Gasteiger partial charge in [-0.2, -0.15) is 5.10 Å². The summed E-state index contributed by atoms with van der Waals surface area (Å²) in [5, 5.41) is 7.27. The minimum atomic E-state index is 0.154. The average molecular weight is 327 g/mol. The summed E-state index contributed by atoms with van der Waals surface area (Å²) in [5.74, 6) is 2.35. The van der Waals surface area contributed by atoms with Gasteiger partial charge in [0.15, 0.2) is 0 Å². The Morgan fingerprint density at radius 2 is 2.12 bits per heavy atom. The molecular weight excluding hydrogens is 302 g/mol. The molecule has 1 fully saturated rings. The van der Waals surface area contributed by atoms with Gasteiger partial charge in [0.05, 0.1) is 11.8 Å². The Kier molecular flexibility index (Phi) is 3.94. The van der Waals surface area contributed by atoms with E-state index in [-0.39, 0.29) is 5.91 Å². The highest BCUT2D eigenvalue weighted by Gasteiger charge is 2.32. The van der Waals surface area contributed by atoms with E-state index < -0.39 is 0 Å². The first kappa shape index (κ1) is 15.5. The second kappa shape index (κ2) is 6.11. The normalized spacial score (nSPS) is 20.9. The monoisotopic (exact) mass is 327 g/mol. The van der Waals surface area contributed by atoms with Crippen molar-refractivity contribution in [3.8, 4) is 0 Å². The molecule has 2 aromatic rings. The minimum Gasteiger partial charge on any atom is -0.465 e. The van der Waals surface area contributed by atoms with Crippen LogP contribution in [-0.4, -0.2) is 34.1 Å². The topological polar surface area (TPSA) is 62.1 Å². The number of hydrogen-bond acceptors (Lipinski definition) is 3. The SMILES string of the molecule is Cc1cn[nH]c1C1CCCN(C(=O)c2c(C)oc3c2CCCC3)C1. The molecule has 5 nitrogen and oxygen atoms in total. The zero-order valence-corrected chi connectivity index (χ0v) is 14.5. The molecular formula is C19H25N3O2. The highest BCUT2D eigenvalue weighted by molar-refractivity contribution is 5.97. The van der Waals surface area contributed by atoms with E-state index in [2.05, 4.69) is 17.1 Å². The van der Waals surface area contributed by atoms with E-state index in [1.807, 2.05) is 18.0 Å². The molecule has 0 spiro atoms. The van der Waals surface area contributed by atoms with Gasteiger partial charge in [0.2, 0.25) is 0 Å². The lowest BCUT2D eigenvalue weighted by atomic mass is 9.91. The van der Waals surface area contributed by atoms with Crippen LogP contribution in [0.5, 0.6) is 0 Å². The number of fused-ring (bicyclic) bond motifs is 1. The van der Waals surface area contributed by atoms with Gasteiger partial charge < -0.3 is 9.32 Å². The molecule has 0 bridgehead atoms. The number of hydrogen-bond donors (Lipinski definition) is 1. The largest absolute Gasteiger partial charge is 0.465 e. The third-order valence-corrected chi connectivity index (χ3v) is 5.55. The third-order valence-electron chi connectivity index (χ3n) is 5.55. The van der Waals surface area contributed by atoms with Crippen molar-refractivity contribution < 1.29 is 9.21 Å². The van der Waals surface area contributed by atoms with E-state index in [0.29, 0.717) is 5.92 Å². The summed E-state index contributed by atoms with van der Waals surface area (Å²) in [6.07, 6.45) is 8.28. The smallest absolute Gasteiger partial charge is 0.257 e. The predicted molar refractivity (Wildman–Crippen MR) is 91.3 cm³/mol. The van der Waals surface area contributed by atoms with Crippen molar-refractivity contribution in [2.75, 3.05) is 13.1 Å². The zero-order valence-electron chi connectivity index (χ0n) is 14.5. The molecule has 1 atom stereocenters. The van der Waals surface area contributed by atoms with Crippen molar-refractivity contribution in [1.29, 1.82) is 0 Å². The number of nitrogens with zero attached hydrogens (tertiary/aromatic N) is 2. The molecule has 0 saturated carbocycles. The van der Waals surface area contributed by atoms with Gasteiger partial charge in [-0.1, -0.05) is 0 Å². The van der Waals surface area contributed by atoms with Crippen molar-refractivity contribution in [3.63, 3.8) is 0 Å². The standard InChI is InChI=1S/C19H25N3O2/c1-12-10-20-21-18(12)14-6-5-9-22(11-14)19(23)17-13(2)24-16-8-4-3-7-15(16)17/h10,14H,3-9,11H2,1-2H3,(H,20,21). The van der Waals surface area contributed by atoms with Crippen LogP contribution in [0.3, 0.4) is 0 Å². The molecule has 5 heteroatoms. The Bertz CT molecular complexity index is 759. The molecule has 24 heavy (non-hydrogen) atoms. The Hall–Kier alpha value is -2.04. The van der Waals surface area contributed by atoms with Crippen molar-refractivity contribution in [2.45, 2.75) is 58.3 Å². The van der Waals surface area contributed by atoms with E-state index in [9.17, 15) is 4.79 Å². The van der Waals surface area contributed by atoms with Crippen molar-refractivity contribution >= 4 is 5.91 Å². The number of H-pyrrole nitrogens is 1. The summed E-state index contributed by atoms with van der Waals surface area (Å²) in [5.41, 5.74) is 4.37. The van der Waals surface area contributed by atoms with Gasteiger partial charge in [-0.3, -0.25) is 9.89 Å². The number of nitrogens with one attached hydrogen (secondary N) is 1. The first-order chi connectivity index (χ1) is 11.6. The fourth-order valence-corrected chi connectivity index (χ4v) is 4.31. The maximum Gasteiger partial charge on any atom is 0.257 e. The molecule has 4 rings (SSSR count). The van der Waals surface area contributed by atoms with Crippen LogP contribution in [0.1, 0.15) is 70.3 Å². The molecule has 0 aromatic carbocycles. The molecule has 2 aromatic heterocycles. The predicted octanol–water partition coefficient (Wildman–Crippen LogP) is 3.52. The summed E-state index contributed by atoms with van der Waals surface area (Å²) in [4.78, 5) is 15.2. The third kappa shape index (κ3) is 2.56. The van der Waals surface area contributed by atoms with Crippen LogP contribution in [0.25, 0.3) is 0 Å². The maximum absolute atomic E-state index is 13.2. The maximum atomic E-state index is 13.2. The fourth-order valence-electron chi connectivity index (χ4n) is 4.31. The molecule has 128 valence electrons. The van der Waals surface area contributed by atoms with Crippen molar-refractivity contribution in [2.24, 2.45) is 0 Å². The summed E-state index contributed by atoms with van der Waals surface area (Å²) in [6, 6.07) is 0. The van der Waals surface area contributed by atoms with Gasteiger partial charge in [0.1, 0.15) is 11.5 Å². The van der Waals surface area contributed by atoms with Crippen molar-refractivity contribution in [3.05, 3.63) is 40.1 Å². The average Bonchev–Trinajstić information content (AvgIpc) is 3.16. The van der Waals surface area contributed by atoms with Gasteiger partial charge in [0.25, 0.3) is 5.91 Å². The Morgan fingerprint density at radius 3 is 2.92 bits per heavy atom. The number of piperidine rings is 1. The van der Waals surface area contributed by atoms with Crippen LogP contribution in [-0.2, 0) is 12.8 Å². The second-order valence-electron chi connectivity index (χ2n) is 7.20.